The lowest BCUT2D eigenvalue weighted by molar-refractivity contribution is 0.323. The zero-order valence-electron chi connectivity index (χ0n) is 15.4. The molecule has 1 aliphatic rings. The van der Waals surface area contributed by atoms with E-state index in [9.17, 15) is 0 Å². The van der Waals surface area contributed by atoms with E-state index in [4.69, 9.17) is 4.98 Å². The maximum Gasteiger partial charge on any atom is 0.174 e. The summed E-state index contributed by atoms with van der Waals surface area (Å²) in [7, 11) is 0. The lowest BCUT2D eigenvalue weighted by atomic mass is 9.95. The van der Waals surface area contributed by atoms with E-state index in [1.54, 1.807) is 11.8 Å². The van der Waals surface area contributed by atoms with Gasteiger partial charge < -0.3 is 4.57 Å². The molecule has 0 radical (unpaired) electrons. The molecule has 0 saturated heterocycles. The molecule has 3 nitrogen and oxygen atoms in total. The highest BCUT2D eigenvalue weighted by Crippen LogP contribution is 2.44. The Hall–Kier alpha value is -1.52. The second-order valence-electron chi connectivity index (χ2n) is 8.40. The average molecular weight is 342 g/mol. The number of hydrogen-bond acceptors (Lipinski definition) is 3. The van der Waals surface area contributed by atoms with Gasteiger partial charge in [-0.1, -0.05) is 62.9 Å². The van der Waals surface area contributed by atoms with Gasteiger partial charge in [0, 0.05) is 17.3 Å². The van der Waals surface area contributed by atoms with E-state index in [0.717, 1.165) is 16.4 Å². The van der Waals surface area contributed by atoms with Crippen molar-refractivity contribution in [3.63, 3.8) is 0 Å². The lowest BCUT2D eigenvalue weighted by Crippen LogP contribution is -2.41. The van der Waals surface area contributed by atoms with E-state index in [0.29, 0.717) is 0 Å². The molecule has 0 aliphatic carbocycles. The van der Waals surface area contributed by atoms with Crippen molar-refractivity contribution >= 4 is 11.8 Å². The molecule has 24 heavy (non-hydrogen) atoms. The summed E-state index contributed by atoms with van der Waals surface area (Å²) < 4.78 is 2.26. The predicted octanol–water partition coefficient (Wildman–Crippen LogP) is 5.47. The summed E-state index contributed by atoms with van der Waals surface area (Å²) in [6.07, 6.45) is 4.64. The monoisotopic (exact) mass is 341 g/mol. The minimum absolute atomic E-state index is 0.0284. The van der Waals surface area contributed by atoms with Crippen LogP contribution in [0.1, 0.15) is 47.7 Å². The van der Waals surface area contributed by atoms with Gasteiger partial charge in [-0.25, -0.2) is 4.98 Å². The normalized spacial score (nSPS) is 18.2. The molecule has 2 aromatic rings. The minimum Gasteiger partial charge on any atom is -0.305 e. The molecule has 0 fully saturated rings. The number of benzene rings is 1. The number of thioether (sulfide) groups is 1. The summed E-state index contributed by atoms with van der Waals surface area (Å²) in [4.78, 5) is 6.27. The first-order valence-corrected chi connectivity index (χ1v) is 9.27. The molecular weight excluding hydrogens is 314 g/mol. The minimum atomic E-state index is 0.0284. The smallest absolute Gasteiger partial charge is 0.174 e. The number of rotatable bonds is 2. The molecule has 1 aromatic heterocycles. The Labute approximate surface area is 149 Å². The van der Waals surface area contributed by atoms with Gasteiger partial charge in [-0.3, -0.25) is 5.32 Å². The topological polar surface area (TPSA) is 29.9 Å². The first-order chi connectivity index (χ1) is 11.1. The van der Waals surface area contributed by atoms with Crippen LogP contribution in [0.2, 0.25) is 0 Å². The zero-order chi connectivity index (χ0) is 17.5. The highest BCUT2D eigenvalue weighted by atomic mass is 32.2. The van der Waals surface area contributed by atoms with Crippen LogP contribution in [0.3, 0.4) is 0 Å². The van der Waals surface area contributed by atoms with E-state index in [1.807, 2.05) is 6.07 Å². The summed E-state index contributed by atoms with van der Waals surface area (Å²) in [6.45, 7) is 13.4. The highest BCUT2D eigenvalue weighted by molar-refractivity contribution is 8.03. The molecule has 0 bridgehead atoms. The number of nitrogens with zero attached hydrogens (tertiary/aromatic N) is 2. The first kappa shape index (κ1) is 17.3. The molecule has 2 heterocycles. The Morgan fingerprint density at radius 2 is 1.71 bits per heavy atom. The molecule has 1 aromatic carbocycles. The fourth-order valence-electron chi connectivity index (χ4n) is 2.71. The molecule has 1 atom stereocenters. The second-order valence-corrected chi connectivity index (χ2v) is 9.41. The zero-order valence-corrected chi connectivity index (χ0v) is 16.2. The van der Waals surface area contributed by atoms with Crippen LogP contribution in [0.25, 0.3) is 11.3 Å². The summed E-state index contributed by atoms with van der Waals surface area (Å²) in [5.41, 5.74) is 2.34. The van der Waals surface area contributed by atoms with Crippen LogP contribution in [0.5, 0.6) is 0 Å². The van der Waals surface area contributed by atoms with Gasteiger partial charge in [0.15, 0.2) is 5.16 Å². The van der Waals surface area contributed by atoms with Crippen LogP contribution in [-0.4, -0.2) is 15.1 Å². The number of nitrogens with one attached hydrogen (secondary N) is 1. The number of fused-ring (bicyclic) bond motifs is 1. The number of aromatic nitrogens is 2. The molecule has 4 heteroatoms. The van der Waals surface area contributed by atoms with Crippen LogP contribution in [-0.2, 0) is 0 Å². The quantitative estimate of drug-likeness (QED) is 0.785. The van der Waals surface area contributed by atoms with E-state index in [-0.39, 0.29) is 17.1 Å². The number of imidazole rings is 1. The number of allylic oxidation sites excluding steroid dienone is 1. The molecule has 0 amide bonds. The fraction of sp³-hybridized carbons (Fsp3) is 0.450. The third-order valence-electron chi connectivity index (χ3n) is 3.90. The largest absolute Gasteiger partial charge is 0.305 e. The molecular formula is C20H27N3S. The summed E-state index contributed by atoms with van der Waals surface area (Å²) >= 11 is 1.78. The van der Waals surface area contributed by atoms with Crippen molar-refractivity contribution in [3.8, 4) is 11.3 Å². The van der Waals surface area contributed by atoms with Crippen LogP contribution in [0.4, 0.5) is 0 Å². The van der Waals surface area contributed by atoms with Gasteiger partial charge in [-0.05, 0) is 37.2 Å². The standard InChI is InChI=1S/C20H27N3S/c1-19(2,3)16-12-17(22-20(4,5)6)23-13-15(21-18(23)24-16)14-10-8-7-9-11-14/h7-13,17,22H,1-6H3. The van der Waals surface area contributed by atoms with Crippen molar-refractivity contribution in [2.75, 3.05) is 0 Å². The summed E-state index contributed by atoms with van der Waals surface area (Å²) in [5, 5.41) is 4.77. The second kappa shape index (κ2) is 6.08. The Morgan fingerprint density at radius 3 is 2.29 bits per heavy atom. The van der Waals surface area contributed by atoms with Crippen molar-refractivity contribution in [1.82, 2.24) is 14.9 Å². The third kappa shape index (κ3) is 3.76. The van der Waals surface area contributed by atoms with E-state index in [2.05, 4.69) is 88.0 Å². The van der Waals surface area contributed by atoms with Crippen molar-refractivity contribution < 1.29 is 0 Å². The van der Waals surface area contributed by atoms with Gasteiger partial charge in [0.25, 0.3) is 0 Å². The molecule has 128 valence electrons. The average Bonchev–Trinajstić information content (AvgIpc) is 2.90. The Morgan fingerprint density at radius 1 is 1.04 bits per heavy atom. The van der Waals surface area contributed by atoms with E-state index < -0.39 is 0 Å². The first-order valence-electron chi connectivity index (χ1n) is 8.46. The predicted molar refractivity (Wildman–Crippen MR) is 103 cm³/mol. The molecule has 1 unspecified atom stereocenters. The van der Waals surface area contributed by atoms with Crippen molar-refractivity contribution in [3.05, 3.63) is 47.5 Å². The van der Waals surface area contributed by atoms with Gasteiger partial charge in [-0.2, -0.15) is 0 Å². The molecule has 0 saturated carbocycles. The SMILES string of the molecule is CC(C)(C)NC1C=C(C(C)(C)C)Sc2nc(-c3ccccc3)cn21. The lowest BCUT2D eigenvalue weighted by Gasteiger charge is -2.34. The highest BCUT2D eigenvalue weighted by Gasteiger charge is 2.30. The summed E-state index contributed by atoms with van der Waals surface area (Å²) in [5.74, 6) is 0. The Kier molecular flexibility index (Phi) is 4.39. The number of hydrogen-bond donors (Lipinski definition) is 1. The molecule has 3 rings (SSSR count). The molecule has 1 aliphatic heterocycles. The Bertz CT molecular complexity index is 745. The van der Waals surface area contributed by atoms with Crippen molar-refractivity contribution in [1.29, 1.82) is 0 Å². The Balaban J connectivity index is 2.03. The van der Waals surface area contributed by atoms with Gasteiger partial charge in [-0.15, -0.1) is 0 Å². The molecule has 1 N–H and O–H groups in total. The van der Waals surface area contributed by atoms with Crippen LogP contribution >= 0.6 is 11.8 Å². The van der Waals surface area contributed by atoms with Gasteiger partial charge in [0.1, 0.15) is 6.17 Å². The van der Waals surface area contributed by atoms with Crippen LogP contribution in [0, 0.1) is 5.41 Å². The fourth-order valence-corrected chi connectivity index (χ4v) is 3.83. The maximum atomic E-state index is 4.91. The summed E-state index contributed by atoms with van der Waals surface area (Å²) in [6, 6.07) is 10.4. The van der Waals surface area contributed by atoms with Crippen LogP contribution in [0.15, 0.2) is 52.7 Å². The van der Waals surface area contributed by atoms with Gasteiger partial charge in [0.2, 0.25) is 0 Å². The van der Waals surface area contributed by atoms with E-state index >= 15 is 0 Å². The third-order valence-corrected chi connectivity index (χ3v) is 5.35. The van der Waals surface area contributed by atoms with Gasteiger partial charge in [0.05, 0.1) is 5.69 Å². The van der Waals surface area contributed by atoms with Gasteiger partial charge >= 0.3 is 0 Å². The van der Waals surface area contributed by atoms with Crippen molar-refractivity contribution in [2.24, 2.45) is 5.41 Å². The van der Waals surface area contributed by atoms with E-state index in [1.165, 1.54) is 4.91 Å². The van der Waals surface area contributed by atoms with Crippen molar-refractivity contribution in [2.45, 2.75) is 58.4 Å². The maximum absolute atomic E-state index is 4.91. The molecule has 0 spiro atoms. The van der Waals surface area contributed by atoms with Crippen LogP contribution < -0.4 is 5.32 Å².